The van der Waals surface area contributed by atoms with E-state index in [9.17, 15) is 91.9 Å². The van der Waals surface area contributed by atoms with Crippen molar-refractivity contribution < 1.29 is 139 Å². The summed E-state index contributed by atoms with van der Waals surface area (Å²) in [6.45, 7) is 13.5. The molecule has 0 spiro atoms. The Morgan fingerprint density at radius 2 is 0.898 bits per heavy atom. The largest absolute Gasteiger partial charge is 0.394 e. The molecular weight excluding hydrogens is 1170 g/mol. The van der Waals surface area contributed by atoms with E-state index in [1.807, 2.05) is 0 Å². The van der Waals surface area contributed by atoms with Gasteiger partial charge in [0, 0.05) is 0 Å². The Morgan fingerprint density at radius 3 is 1.44 bits per heavy atom. The molecule has 0 amide bonds. The van der Waals surface area contributed by atoms with Crippen LogP contribution in [0.1, 0.15) is 120 Å². The maximum Gasteiger partial charge on any atom is 0.187 e. The lowest BCUT2D eigenvalue weighted by molar-refractivity contribution is -0.380. The third-order valence-corrected chi connectivity index (χ3v) is 23.4. The zero-order valence-corrected chi connectivity index (χ0v) is 51.7. The van der Waals surface area contributed by atoms with Gasteiger partial charge in [0.05, 0.1) is 50.8 Å². The number of rotatable bonds is 20. The highest BCUT2D eigenvalue weighted by Gasteiger charge is 2.69. The van der Waals surface area contributed by atoms with E-state index in [2.05, 4.69) is 41.5 Å². The monoisotopic (exact) mass is 1270 g/mol. The molecule has 4 saturated carbocycles. The van der Waals surface area contributed by atoms with E-state index >= 15 is 0 Å². The molecule has 5 saturated heterocycles. The fraction of sp³-hybridized carbons (Fsp3) is 1.00. The second-order valence-electron chi connectivity index (χ2n) is 29.0. The van der Waals surface area contributed by atoms with Gasteiger partial charge in [-0.25, -0.2) is 0 Å². The van der Waals surface area contributed by atoms with Crippen LogP contribution in [0.25, 0.3) is 0 Å². The van der Waals surface area contributed by atoms with E-state index in [1.54, 1.807) is 13.8 Å². The van der Waals surface area contributed by atoms with Crippen LogP contribution < -0.4 is 0 Å². The molecule has 0 aromatic rings. The first-order chi connectivity index (χ1) is 41.2. The van der Waals surface area contributed by atoms with Crippen molar-refractivity contribution in [3.8, 4) is 0 Å². The Kier molecular flexibility index (Phi) is 22.3. The highest BCUT2D eigenvalue weighted by molar-refractivity contribution is 5.18. The lowest BCUT2D eigenvalue weighted by atomic mass is 9.37. The van der Waals surface area contributed by atoms with Gasteiger partial charge in [-0.1, -0.05) is 41.5 Å². The molecule has 9 aliphatic rings. The van der Waals surface area contributed by atoms with Crippen LogP contribution in [-0.2, 0) is 47.4 Å². The average molecular weight is 1270 g/mol. The molecule has 4 aliphatic carbocycles. The zero-order chi connectivity index (χ0) is 64.7. The number of aliphatic hydroxyl groups excluding tert-OH is 17. The molecule has 0 aromatic heterocycles. The predicted molar refractivity (Wildman–Crippen MR) is 299 cm³/mol. The van der Waals surface area contributed by atoms with Gasteiger partial charge < -0.3 is 139 Å². The number of hydrogen-bond acceptors (Lipinski definition) is 28. The molecule has 5 aliphatic heterocycles. The SMILES string of the molecule is CC(CCC(OC1OC(COC2OC(CO)C(O)C(O)C2O)C(O)C(O)C1OC1OC(CO)C(O)C(O)C1O)C(C)(C)O)C1CCC2(C)C3CC[C@@H]4C(CCC(OC5OC(CO)C(OC6OC(CO)C(O)C(O)C6O)C(O)C5O)C4(C)C)C3(C)CCC12C. The minimum Gasteiger partial charge on any atom is -0.394 e. The van der Waals surface area contributed by atoms with Crippen LogP contribution in [-0.4, -0.2) is 296 Å². The third kappa shape index (κ3) is 12.9. The molecule has 28 heteroatoms. The third-order valence-electron chi connectivity index (χ3n) is 23.4. The maximum atomic E-state index is 11.9. The second kappa shape index (κ2) is 27.5. The fourth-order valence-electron chi connectivity index (χ4n) is 17.8. The molecule has 9 rings (SSSR count). The summed E-state index contributed by atoms with van der Waals surface area (Å²) >= 11 is 0. The topological polar surface area (TPSA) is 456 Å². The zero-order valence-electron chi connectivity index (χ0n) is 51.7. The quantitative estimate of drug-likeness (QED) is 0.0513. The highest BCUT2D eigenvalue weighted by Crippen LogP contribution is 2.76. The lowest BCUT2D eigenvalue weighted by Gasteiger charge is -2.68. The van der Waals surface area contributed by atoms with Gasteiger partial charge in [-0.05, 0) is 129 Å². The second-order valence-corrected chi connectivity index (χ2v) is 29.0. The molecule has 512 valence electrons. The maximum absolute atomic E-state index is 11.9. The van der Waals surface area contributed by atoms with Crippen LogP contribution in [0.5, 0.6) is 0 Å². The Hall–Kier alpha value is -1.12. The first kappa shape index (κ1) is 71.2. The fourth-order valence-corrected chi connectivity index (χ4v) is 17.8. The summed E-state index contributed by atoms with van der Waals surface area (Å²) < 4.78 is 59.8. The molecular formula is C60H104O28. The summed E-state index contributed by atoms with van der Waals surface area (Å²) in [6.07, 6.45) is -34.6. The Morgan fingerprint density at radius 1 is 0.443 bits per heavy atom. The van der Waals surface area contributed by atoms with E-state index in [0.717, 1.165) is 44.9 Å². The van der Waals surface area contributed by atoms with Crippen molar-refractivity contribution in [3.05, 3.63) is 0 Å². The molecule has 0 radical (unpaired) electrons. The minimum absolute atomic E-state index is 0.0323. The van der Waals surface area contributed by atoms with Crippen LogP contribution in [0, 0.1) is 51.2 Å². The van der Waals surface area contributed by atoms with Gasteiger partial charge in [0.1, 0.15) is 122 Å². The first-order valence-corrected chi connectivity index (χ1v) is 31.8. The predicted octanol–water partition coefficient (Wildman–Crippen LogP) is -4.30. The van der Waals surface area contributed by atoms with E-state index in [0.29, 0.717) is 24.7 Å². The van der Waals surface area contributed by atoms with Crippen molar-refractivity contribution in [2.75, 3.05) is 33.0 Å². The Labute approximate surface area is 513 Å². The van der Waals surface area contributed by atoms with Crippen molar-refractivity contribution >= 4 is 0 Å². The van der Waals surface area contributed by atoms with Crippen LogP contribution in [0.15, 0.2) is 0 Å². The molecule has 5 heterocycles. The van der Waals surface area contributed by atoms with Crippen LogP contribution in [0.2, 0.25) is 0 Å². The van der Waals surface area contributed by atoms with Gasteiger partial charge in [-0.15, -0.1) is 0 Å². The summed E-state index contributed by atoms with van der Waals surface area (Å²) in [5.74, 6) is 1.30. The summed E-state index contributed by atoms with van der Waals surface area (Å²) in [4.78, 5) is 0. The standard InChI is InChI=1S/C60H104O28/c1-24(9-13-35(57(4,5)78)86-55-50(88-54-47(76)42(71)38(67)30(21-63)82-54)43(72)39(68)32(84-55)23-79-51-45(74)40(69)36(65)28(19-61)80-51)25-15-16-60(8)33-12-10-26-27(58(33,6)17-18-59(25,60)7)11-14-34(56(26,2)3)85-52-48(77)44(73)49(31(22-64)83-52)87-53-46(75)41(70)37(66)29(20-62)81-53/h24-55,61-78H,9-23H2,1-8H3/t24?,25?,26-,27?,28?,29?,30?,31?,32?,33?,34?,35?,36?,37?,38?,39?,40?,41?,42?,43?,44?,45?,46?,47?,48?,49?,50?,51?,52?,53?,54?,55?,58?,59?,60?/m1/s1. The van der Waals surface area contributed by atoms with E-state index < -0.39 is 210 Å². The molecule has 9 fully saturated rings. The van der Waals surface area contributed by atoms with Gasteiger partial charge in [-0.2, -0.15) is 0 Å². The molecule has 88 heavy (non-hydrogen) atoms. The lowest BCUT2D eigenvalue weighted by Crippen LogP contribution is -2.65. The van der Waals surface area contributed by atoms with E-state index in [4.69, 9.17) is 47.4 Å². The van der Waals surface area contributed by atoms with Gasteiger partial charge >= 0.3 is 0 Å². The van der Waals surface area contributed by atoms with E-state index in [1.165, 1.54) is 0 Å². The summed E-state index contributed by atoms with van der Waals surface area (Å²) in [5, 5.41) is 193. The minimum atomic E-state index is -1.93. The van der Waals surface area contributed by atoms with E-state index in [-0.39, 0.29) is 40.4 Å². The summed E-state index contributed by atoms with van der Waals surface area (Å²) in [6, 6.07) is 0. The number of hydrogen-bond donors (Lipinski definition) is 18. The highest BCUT2D eigenvalue weighted by atomic mass is 16.8. The van der Waals surface area contributed by atoms with Crippen molar-refractivity contribution in [3.63, 3.8) is 0 Å². The van der Waals surface area contributed by atoms with Crippen LogP contribution >= 0.6 is 0 Å². The van der Waals surface area contributed by atoms with Crippen molar-refractivity contribution in [1.29, 1.82) is 0 Å². The smallest absolute Gasteiger partial charge is 0.187 e. The number of fused-ring (bicyclic) bond motifs is 5. The van der Waals surface area contributed by atoms with Crippen LogP contribution in [0.3, 0.4) is 0 Å². The molecule has 0 bridgehead atoms. The molecule has 18 N–H and O–H groups in total. The van der Waals surface area contributed by atoms with Gasteiger partial charge in [-0.3, -0.25) is 0 Å². The molecule has 0 aromatic carbocycles. The van der Waals surface area contributed by atoms with Gasteiger partial charge in [0.15, 0.2) is 31.5 Å². The van der Waals surface area contributed by atoms with Crippen molar-refractivity contribution in [2.45, 2.75) is 291 Å². The normalized spacial score (nSPS) is 52.3. The average Bonchev–Trinajstić information content (AvgIpc) is 1.34. The van der Waals surface area contributed by atoms with Gasteiger partial charge in [0.25, 0.3) is 0 Å². The molecule has 34 unspecified atom stereocenters. The van der Waals surface area contributed by atoms with Crippen molar-refractivity contribution in [1.82, 2.24) is 0 Å². The molecule has 28 nitrogen and oxygen atoms in total. The van der Waals surface area contributed by atoms with Crippen molar-refractivity contribution in [2.24, 2.45) is 51.2 Å². The van der Waals surface area contributed by atoms with Gasteiger partial charge in [0.2, 0.25) is 0 Å². The summed E-state index contributed by atoms with van der Waals surface area (Å²) in [7, 11) is 0. The Balaban J connectivity index is 0.859. The number of ether oxygens (including phenoxy) is 10. The number of aliphatic hydroxyl groups is 18. The first-order valence-electron chi connectivity index (χ1n) is 31.8. The Bertz CT molecular complexity index is 2240. The molecule has 35 atom stereocenters. The van der Waals surface area contributed by atoms with Crippen LogP contribution in [0.4, 0.5) is 0 Å². The summed E-state index contributed by atoms with van der Waals surface area (Å²) in [5.41, 5.74) is -2.17.